The Balaban J connectivity index is 1.86. The second-order valence-electron chi connectivity index (χ2n) is 6.62. The maximum Gasteiger partial charge on any atom is 0.341 e. The van der Waals surface area contributed by atoms with E-state index in [1.807, 2.05) is 0 Å². The lowest BCUT2D eigenvalue weighted by atomic mass is 9.88. The quantitative estimate of drug-likeness (QED) is 0.798. The fourth-order valence-electron chi connectivity index (χ4n) is 4.06. The van der Waals surface area contributed by atoms with Crippen molar-refractivity contribution in [2.24, 2.45) is 23.5 Å². The molecule has 130 valence electrons. The first-order valence-electron chi connectivity index (χ1n) is 8.33. The monoisotopic (exact) mass is 350 g/mol. The Morgan fingerprint density at radius 2 is 2.04 bits per heavy atom. The first-order valence-corrected chi connectivity index (χ1v) is 9.15. The Bertz CT molecular complexity index is 697. The molecule has 2 fully saturated rings. The van der Waals surface area contributed by atoms with E-state index in [2.05, 4.69) is 5.32 Å². The molecule has 0 unspecified atom stereocenters. The summed E-state index contributed by atoms with van der Waals surface area (Å²) in [6.07, 6.45) is 4.35. The third-order valence-corrected chi connectivity index (χ3v) is 6.38. The number of carbonyl (C=O) groups is 3. The van der Waals surface area contributed by atoms with Crippen molar-refractivity contribution in [3.63, 3.8) is 0 Å². The predicted molar refractivity (Wildman–Crippen MR) is 91.1 cm³/mol. The van der Waals surface area contributed by atoms with Crippen molar-refractivity contribution in [1.82, 2.24) is 0 Å². The second kappa shape index (κ2) is 6.55. The normalized spacial score (nSPS) is 24.8. The predicted octanol–water partition coefficient (Wildman–Crippen LogP) is 2.71. The number of nitrogens with one attached hydrogen (secondary N) is 1. The van der Waals surface area contributed by atoms with Crippen LogP contribution in [0.2, 0.25) is 0 Å². The summed E-state index contributed by atoms with van der Waals surface area (Å²) in [4.78, 5) is 36.7. The van der Waals surface area contributed by atoms with Gasteiger partial charge in [-0.05, 0) is 50.5 Å². The standard InChI is InChI=1S/C17H22N2O4S/c1-3-23-17(22)12-8(2)13(14(18)20)24-16(12)19-15(21)11-7-9-4-5-10(11)6-9/h9-11H,3-7H2,1-2H3,(H2,18,20)(H,19,21)/t9-,10+,11+/m1/s1. The highest BCUT2D eigenvalue weighted by atomic mass is 32.1. The zero-order valence-corrected chi connectivity index (χ0v) is 14.7. The molecule has 2 saturated carbocycles. The number of carbonyl (C=O) groups excluding carboxylic acids is 3. The van der Waals surface area contributed by atoms with Crippen molar-refractivity contribution in [3.8, 4) is 0 Å². The van der Waals surface area contributed by atoms with Crippen LogP contribution in [0.25, 0.3) is 0 Å². The maximum atomic E-state index is 12.7. The van der Waals surface area contributed by atoms with Gasteiger partial charge in [0.25, 0.3) is 5.91 Å². The third-order valence-electron chi connectivity index (χ3n) is 5.16. The number of hydrogen-bond acceptors (Lipinski definition) is 5. The molecule has 24 heavy (non-hydrogen) atoms. The fraction of sp³-hybridized carbons (Fsp3) is 0.588. The van der Waals surface area contributed by atoms with Crippen LogP contribution in [-0.2, 0) is 9.53 Å². The van der Waals surface area contributed by atoms with E-state index < -0.39 is 11.9 Å². The van der Waals surface area contributed by atoms with Crippen LogP contribution in [0.5, 0.6) is 0 Å². The van der Waals surface area contributed by atoms with Crippen molar-refractivity contribution in [1.29, 1.82) is 0 Å². The molecular formula is C17H22N2O4S. The lowest BCUT2D eigenvalue weighted by Crippen LogP contribution is -2.27. The highest BCUT2D eigenvalue weighted by molar-refractivity contribution is 7.18. The molecule has 0 spiro atoms. The van der Waals surface area contributed by atoms with Crippen LogP contribution in [0, 0.1) is 24.7 Å². The molecule has 3 atom stereocenters. The average molecular weight is 350 g/mol. The van der Waals surface area contributed by atoms with Gasteiger partial charge in [0.15, 0.2) is 0 Å². The lowest BCUT2D eigenvalue weighted by Gasteiger charge is -2.20. The van der Waals surface area contributed by atoms with Crippen LogP contribution in [0.15, 0.2) is 0 Å². The second-order valence-corrected chi connectivity index (χ2v) is 7.64. The number of rotatable bonds is 5. The molecule has 1 aromatic heterocycles. The van der Waals surface area contributed by atoms with Crippen molar-refractivity contribution < 1.29 is 19.1 Å². The molecule has 0 radical (unpaired) electrons. The third kappa shape index (κ3) is 2.92. The summed E-state index contributed by atoms with van der Waals surface area (Å²) in [6.45, 7) is 3.58. The van der Waals surface area contributed by atoms with E-state index in [9.17, 15) is 14.4 Å². The van der Waals surface area contributed by atoms with Crippen LogP contribution in [0.3, 0.4) is 0 Å². The Morgan fingerprint density at radius 3 is 2.58 bits per heavy atom. The molecule has 0 saturated heterocycles. The average Bonchev–Trinajstić information content (AvgIpc) is 3.21. The van der Waals surface area contributed by atoms with Crippen LogP contribution in [0.1, 0.15) is 58.2 Å². The number of amides is 2. The number of anilines is 1. The lowest BCUT2D eigenvalue weighted by molar-refractivity contribution is -0.121. The van der Waals surface area contributed by atoms with Crippen molar-refractivity contribution in [2.45, 2.75) is 39.5 Å². The number of esters is 1. The number of primary amides is 1. The van der Waals surface area contributed by atoms with E-state index >= 15 is 0 Å². The molecule has 2 aliphatic carbocycles. The Hall–Kier alpha value is -1.89. The molecule has 0 aromatic carbocycles. The minimum absolute atomic E-state index is 0.00164. The van der Waals surface area contributed by atoms with E-state index in [1.165, 1.54) is 6.42 Å². The smallest absolute Gasteiger partial charge is 0.341 e. The SMILES string of the molecule is CCOC(=O)c1c(NC(=O)[C@H]2C[C@@H]3CC[C@H]2C3)sc(C(N)=O)c1C. The molecule has 1 heterocycles. The van der Waals surface area contributed by atoms with E-state index in [0.717, 1.165) is 30.6 Å². The van der Waals surface area contributed by atoms with Crippen LogP contribution < -0.4 is 11.1 Å². The molecular weight excluding hydrogens is 328 g/mol. The van der Waals surface area contributed by atoms with Crippen molar-refractivity contribution in [3.05, 3.63) is 16.0 Å². The Labute approximate surface area is 144 Å². The number of ether oxygens (including phenoxy) is 1. The molecule has 3 N–H and O–H groups in total. The zero-order chi connectivity index (χ0) is 17.4. The summed E-state index contributed by atoms with van der Waals surface area (Å²) < 4.78 is 5.06. The van der Waals surface area contributed by atoms with Crippen LogP contribution in [0.4, 0.5) is 5.00 Å². The zero-order valence-electron chi connectivity index (χ0n) is 13.9. The van der Waals surface area contributed by atoms with Gasteiger partial charge >= 0.3 is 5.97 Å². The van der Waals surface area contributed by atoms with Gasteiger partial charge in [0.05, 0.1) is 17.0 Å². The first kappa shape index (κ1) is 17.0. The molecule has 6 nitrogen and oxygen atoms in total. The minimum Gasteiger partial charge on any atom is -0.462 e. The van der Waals surface area contributed by atoms with E-state index in [4.69, 9.17) is 10.5 Å². The first-order chi connectivity index (χ1) is 11.4. The molecule has 3 rings (SSSR count). The summed E-state index contributed by atoms with van der Waals surface area (Å²) in [5.74, 6) is -0.118. The summed E-state index contributed by atoms with van der Waals surface area (Å²) in [5.41, 5.74) is 6.09. The topological polar surface area (TPSA) is 98.5 Å². The highest BCUT2D eigenvalue weighted by Gasteiger charge is 2.43. The fourth-order valence-corrected chi connectivity index (χ4v) is 5.11. The largest absolute Gasteiger partial charge is 0.462 e. The van der Waals surface area contributed by atoms with E-state index in [-0.39, 0.29) is 28.9 Å². The van der Waals surface area contributed by atoms with Gasteiger partial charge in [-0.15, -0.1) is 11.3 Å². The molecule has 1 aromatic rings. The number of nitrogens with two attached hydrogens (primary N) is 1. The highest BCUT2D eigenvalue weighted by Crippen LogP contribution is 2.49. The molecule has 0 aliphatic heterocycles. The maximum absolute atomic E-state index is 12.7. The van der Waals surface area contributed by atoms with E-state index in [0.29, 0.717) is 22.4 Å². The van der Waals surface area contributed by atoms with Gasteiger partial charge in [0.2, 0.25) is 5.91 Å². The molecule has 2 bridgehead atoms. The van der Waals surface area contributed by atoms with Gasteiger partial charge in [0.1, 0.15) is 5.00 Å². The summed E-state index contributed by atoms with van der Waals surface area (Å²) in [6, 6.07) is 0. The number of thiophene rings is 1. The molecule has 7 heteroatoms. The summed E-state index contributed by atoms with van der Waals surface area (Å²) in [5, 5.41) is 3.23. The van der Waals surface area contributed by atoms with Crippen LogP contribution in [-0.4, -0.2) is 24.4 Å². The Morgan fingerprint density at radius 1 is 1.29 bits per heavy atom. The molecule has 2 amide bonds. The van der Waals surface area contributed by atoms with Gasteiger partial charge in [-0.3, -0.25) is 9.59 Å². The van der Waals surface area contributed by atoms with Crippen molar-refractivity contribution in [2.75, 3.05) is 11.9 Å². The summed E-state index contributed by atoms with van der Waals surface area (Å²) in [7, 11) is 0. The van der Waals surface area contributed by atoms with Gasteiger partial charge in [-0.25, -0.2) is 4.79 Å². The van der Waals surface area contributed by atoms with Gasteiger partial charge in [0, 0.05) is 5.92 Å². The number of fused-ring (bicyclic) bond motifs is 2. The van der Waals surface area contributed by atoms with Crippen molar-refractivity contribution >= 4 is 34.1 Å². The van der Waals surface area contributed by atoms with Gasteiger partial charge in [-0.1, -0.05) is 6.42 Å². The minimum atomic E-state index is -0.608. The Kier molecular flexibility index (Phi) is 4.62. The summed E-state index contributed by atoms with van der Waals surface area (Å²) >= 11 is 1.05. The van der Waals surface area contributed by atoms with Gasteiger partial charge in [-0.2, -0.15) is 0 Å². The van der Waals surface area contributed by atoms with Crippen LogP contribution >= 0.6 is 11.3 Å². The number of hydrogen-bond donors (Lipinski definition) is 2. The molecule has 2 aliphatic rings. The van der Waals surface area contributed by atoms with Gasteiger partial charge < -0.3 is 15.8 Å². The van der Waals surface area contributed by atoms with E-state index in [1.54, 1.807) is 13.8 Å².